The molecule has 2 saturated heterocycles. The van der Waals surface area contributed by atoms with Crippen molar-refractivity contribution in [3.63, 3.8) is 0 Å². The van der Waals surface area contributed by atoms with Crippen LogP contribution in [0.15, 0.2) is 65.6 Å². The van der Waals surface area contributed by atoms with Crippen LogP contribution in [0.3, 0.4) is 0 Å². The molecule has 0 saturated carbocycles. The van der Waals surface area contributed by atoms with Gasteiger partial charge in [-0.25, -0.2) is 0 Å². The van der Waals surface area contributed by atoms with Gasteiger partial charge in [0.1, 0.15) is 0 Å². The lowest BCUT2D eigenvalue weighted by atomic mass is 10.1. The van der Waals surface area contributed by atoms with Gasteiger partial charge in [-0.2, -0.15) is 0 Å². The van der Waals surface area contributed by atoms with Crippen molar-refractivity contribution in [1.82, 2.24) is 9.80 Å². The number of fused-ring (bicyclic) bond motifs is 1. The van der Waals surface area contributed by atoms with E-state index < -0.39 is 0 Å². The molecule has 0 N–H and O–H groups in total. The summed E-state index contributed by atoms with van der Waals surface area (Å²) in [5.41, 5.74) is 1.32. The van der Waals surface area contributed by atoms with Crippen molar-refractivity contribution in [2.24, 2.45) is 0 Å². The van der Waals surface area contributed by atoms with Crippen LogP contribution in [-0.4, -0.2) is 59.3 Å². The number of hydrogen-bond donors (Lipinski definition) is 0. The van der Waals surface area contributed by atoms with E-state index in [4.69, 9.17) is 4.74 Å². The zero-order valence-corrected chi connectivity index (χ0v) is 16.5. The summed E-state index contributed by atoms with van der Waals surface area (Å²) >= 11 is 1.63. The molecule has 2 fully saturated rings. The van der Waals surface area contributed by atoms with Gasteiger partial charge in [-0.05, 0) is 24.6 Å². The minimum Gasteiger partial charge on any atom is -0.373 e. The van der Waals surface area contributed by atoms with E-state index in [9.17, 15) is 4.79 Å². The second-order valence-electron chi connectivity index (χ2n) is 7.25. The van der Waals surface area contributed by atoms with Gasteiger partial charge in [0.25, 0.3) is 0 Å². The van der Waals surface area contributed by atoms with Gasteiger partial charge in [-0.15, -0.1) is 11.8 Å². The SMILES string of the molecule is C[C@H](Sc1ccccc1)C(=O)N1C[C@@H]2OCCN(Cc3ccccc3)[C@@H]2C1. The molecule has 2 aromatic carbocycles. The minimum absolute atomic E-state index is 0.0878. The summed E-state index contributed by atoms with van der Waals surface area (Å²) in [6, 6.07) is 21.0. The topological polar surface area (TPSA) is 32.8 Å². The van der Waals surface area contributed by atoms with E-state index >= 15 is 0 Å². The maximum atomic E-state index is 13.0. The van der Waals surface area contributed by atoms with Gasteiger partial charge in [0, 0.05) is 31.1 Å². The number of rotatable bonds is 5. The zero-order chi connectivity index (χ0) is 18.6. The van der Waals surface area contributed by atoms with E-state index in [1.807, 2.05) is 36.1 Å². The molecule has 1 amide bonds. The van der Waals surface area contributed by atoms with Crippen LogP contribution in [0.5, 0.6) is 0 Å². The number of nitrogens with zero attached hydrogens (tertiary/aromatic N) is 2. The van der Waals surface area contributed by atoms with Crippen LogP contribution in [0.2, 0.25) is 0 Å². The summed E-state index contributed by atoms with van der Waals surface area (Å²) in [5, 5.41) is -0.0878. The number of likely N-dealkylation sites (tertiary alicyclic amines) is 1. The molecule has 0 spiro atoms. The summed E-state index contributed by atoms with van der Waals surface area (Å²) in [6.07, 6.45) is 0.125. The van der Waals surface area contributed by atoms with Gasteiger partial charge in [-0.3, -0.25) is 9.69 Å². The Balaban J connectivity index is 1.39. The third-order valence-corrected chi connectivity index (χ3v) is 6.46. The average molecular weight is 383 g/mol. The third-order valence-electron chi connectivity index (χ3n) is 5.36. The minimum atomic E-state index is -0.0878. The fraction of sp³-hybridized carbons (Fsp3) is 0.409. The Morgan fingerprint density at radius 1 is 1.11 bits per heavy atom. The Morgan fingerprint density at radius 2 is 1.81 bits per heavy atom. The molecule has 0 aromatic heterocycles. The van der Waals surface area contributed by atoms with Crippen LogP contribution >= 0.6 is 11.8 Å². The molecule has 0 aliphatic carbocycles. The number of amides is 1. The monoisotopic (exact) mass is 382 g/mol. The first-order chi connectivity index (χ1) is 13.2. The second kappa shape index (κ2) is 8.46. The van der Waals surface area contributed by atoms with Gasteiger partial charge in [-0.1, -0.05) is 48.5 Å². The van der Waals surface area contributed by atoms with Gasteiger partial charge in [0.2, 0.25) is 5.91 Å². The molecule has 2 heterocycles. The summed E-state index contributed by atoms with van der Waals surface area (Å²) in [5.74, 6) is 0.210. The molecule has 0 bridgehead atoms. The lowest BCUT2D eigenvalue weighted by Crippen LogP contribution is -2.50. The summed E-state index contributed by atoms with van der Waals surface area (Å²) in [4.78, 5) is 18.6. The molecule has 0 radical (unpaired) electrons. The maximum Gasteiger partial charge on any atom is 0.235 e. The van der Waals surface area contributed by atoms with E-state index in [1.165, 1.54) is 5.56 Å². The number of benzene rings is 2. The highest BCUT2D eigenvalue weighted by molar-refractivity contribution is 8.00. The third kappa shape index (κ3) is 4.37. The predicted molar refractivity (Wildman–Crippen MR) is 109 cm³/mol. The molecule has 2 aliphatic rings. The number of thioether (sulfide) groups is 1. The van der Waals surface area contributed by atoms with Crippen LogP contribution in [0.4, 0.5) is 0 Å². The highest BCUT2D eigenvalue weighted by Gasteiger charge is 2.42. The number of carbonyl (C=O) groups is 1. The first-order valence-electron chi connectivity index (χ1n) is 9.61. The molecular formula is C22H26N2O2S. The van der Waals surface area contributed by atoms with E-state index in [1.54, 1.807) is 11.8 Å². The Bertz CT molecular complexity index is 755. The second-order valence-corrected chi connectivity index (χ2v) is 8.66. The lowest BCUT2D eigenvalue weighted by molar-refractivity contribution is -0.129. The number of hydrogen-bond acceptors (Lipinski definition) is 4. The Labute approximate surface area is 165 Å². The van der Waals surface area contributed by atoms with E-state index in [0.717, 1.165) is 31.1 Å². The summed E-state index contributed by atoms with van der Waals surface area (Å²) in [7, 11) is 0. The Hall–Kier alpha value is -1.82. The van der Waals surface area contributed by atoms with Crippen molar-refractivity contribution < 1.29 is 9.53 Å². The zero-order valence-electron chi connectivity index (χ0n) is 15.7. The van der Waals surface area contributed by atoms with E-state index in [2.05, 4.69) is 41.3 Å². The van der Waals surface area contributed by atoms with Gasteiger partial charge >= 0.3 is 0 Å². The van der Waals surface area contributed by atoms with Crippen molar-refractivity contribution in [2.75, 3.05) is 26.2 Å². The molecule has 3 atom stereocenters. The van der Waals surface area contributed by atoms with Crippen LogP contribution in [0.1, 0.15) is 12.5 Å². The first kappa shape index (κ1) is 18.5. The Kier molecular flexibility index (Phi) is 5.81. The van der Waals surface area contributed by atoms with Crippen molar-refractivity contribution in [3.8, 4) is 0 Å². The molecule has 2 aromatic rings. The van der Waals surface area contributed by atoms with Gasteiger partial charge in [0.05, 0.1) is 24.0 Å². The van der Waals surface area contributed by atoms with Crippen molar-refractivity contribution in [1.29, 1.82) is 0 Å². The molecule has 4 rings (SSSR count). The van der Waals surface area contributed by atoms with Crippen molar-refractivity contribution in [3.05, 3.63) is 66.2 Å². The van der Waals surface area contributed by atoms with Crippen molar-refractivity contribution in [2.45, 2.75) is 35.8 Å². The average Bonchev–Trinajstić information content (AvgIpc) is 3.14. The highest BCUT2D eigenvalue weighted by atomic mass is 32.2. The van der Waals surface area contributed by atoms with Crippen LogP contribution in [-0.2, 0) is 16.1 Å². The molecule has 0 unspecified atom stereocenters. The highest BCUT2D eigenvalue weighted by Crippen LogP contribution is 2.29. The summed E-state index contributed by atoms with van der Waals surface area (Å²) < 4.78 is 6.01. The molecule has 142 valence electrons. The van der Waals surface area contributed by atoms with Crippen LogP contribution < -0.4 is 0 Å². The number of ether oxygens (including phenoxy) is 1. The van der Waals surface area contributed by atoms with Gasteiger partial charge in [0.15, 0.2) is 0 Å². The smallest absolute Gasteiger partial charge is 0.235 e. The molecule has 27 heavy (non-hydrogen) atoms. The molecule has 2 aliphatic heterocycles. The van der Waals surface area contributed by atoms with E-state index in [-0.39, 0.29) is 23.3 Å². The largest absolute Gasteiger partial charge is 0.373 e. The quantitative estimate of drug-likeness (QED) is 0.743. The predicted octanol–water partition coefficient (Wildman–Crippen LogP) is 3.28. The summed E-state index contributed by atoms with van der Waals surface area (Å²) in [6.45, 7) is 6.05. The van der Waals surface area contributed by atoms with E-state index in [0.29, 0.717) is 6.54 Å². The first-order valence-corrected chi connectivity index (χ1v) is 10.5. The van der Waals surface area contributed by atoms with Crippen LogP contribution in [0, 0.1) is 0 Å². The normalized spacial score (nSPS) is 23.8. The van der Waals surface area contributed by atoms with Gasteiger partial charge < -0.3 is 9.64 Å². The molecular weight excluding hydrogens is 356 g/mol. The standard InChI is InChI=1S/C22H26N2O2S/c1-17(27-19-10-6-3-7-11-19)22(25)24-15-20-21(16-24)26-13-12-23(20)14-18-8-4-2-5-9-18/h2-11,17,20-21H,12-16H2,1H3/t17-,20+,21-/m0/s1. The molecule has 5 heteroatoms. The molecule has 4 nitrogen and oxygen atoms in total. The lowest BCUT2D eigenvalue weighted by Gasteiger charge is -2.36. The fourth-order valence-corrected chi connectivity index (χ4v) is 4.94. The number of carbonyl (C=O) groups excluding carboxylic acids is 1. The maximum absolute atomic E-state index is 13.0. The Morgan fingerprint density at radius 3 is 2.56 bits per heavy atom. The van der Waals surface area contributed by atoms with Crippen molar-refractivity contribution >= 4 is 17.7 Å². The number of morpholine rings is 1. The fourth-order valence-electron chi connectivity index (χ4n) is 3.96. The van der Waals surface area contributed by atoms with Crippen LogP contribution in [0.25, 0.3) is 0 Å².